The number of rotatable bonds is 4. The number of halogens is 2. The molecule has 28 heavy (non-hydrogen) atoms. The molecule has 9 heteroatoms. The van der Waals surface area contributed by atoms with Gasteiger partial charge in [0.1, 0.15) is 23.1 Å². The second-order valence-electron chi connectivity index (χ2n) is 6.15. The molecule has 0 aliphatic carbocycles. The first-order chi connectivity index (χ1) is 13.5. The Morgan fingerprint density at radius 1 is 1.04 bits per heavy atom. The Labute approximate surface area is 170 Å². The zero-order valence-corrected chi connectivity index (χ0v) is 16.3. The standard InChI is InChI=1S/C19H14Cl2N2O5/c1-26-10-4-5-11(14(8-10)27-2)16-15-17(28-22-16)19(25)23(18(15)24)13-6-3-9(20)7-12(13)21/h3-8,15,17H,1-2H3/t15-,17+/m0/s1. The van der Waals surface area contributed by atoms with Crippen molar-refractivity contribution >= 4 is 46.4 Å². The number of fused-ring (bicyclic) bond motifs is 1. The molecule has 0 aromatic heterocycles. The van der Waals surface area contributed by atoms with Crippen LogP contribution in [-0.2, 0) is 14.4 Å². The fourth-order valence-corrected chi connectivity index (χ4v) is 3.80. The quantitative estimate of drug-likeness (QED) is 0.709. The van der Waals surface area contributed by atoms with E-state index in [1.165, 1.54) is 26.4 Å². The third-order valence-corrected chi connectivity index (χ3v) is 5.19. The molecule has 0 bridgehead atoms. The maximum absolute atomic E-state index is 13.1. The number of ether oxygens (including phenoxy) is 2. The van der Waals surface area contributed by atoms with E-state index in [1.54, 1.807) is 24.3 Å². The molecular formula is C19H14Cl2N2O5. The fourth-order valence-electron chi connectivity index (χ4n) is 3.31. The predicted molar refractivity (Wildman–Crippen MR) is 103 cm³/mol. The number of carbonyl (C=O) groups excluding carboxylic acids is 2. The molecule has 0 N–H and O–H groups in total. The molecular weight excluding hydrogens is 407 g/mol. The van der Waals surface area contributed by atoms with Gasteiger partial charge in [0.05, 0.1) is 24.9 Å². The number of oxime groups is 1. The first-order valence-electron chi connectivity index (χ1n) is 8.25. The van der Waals surface area contributed by atoms with Crippen LogP contribution in [0.25, 0.3) is 0 Å². The Morgan fingerprint density at radius 2 is 1.82 bits per heavy atom. The van der Waals surface area contributed by atoms with Gasteiger partial charge >= 0.3 is 0 Å². The van der Waals surface area contributed by atoms with Crippen LogP contribution in [-0.4, -0.2) is 37.8 Å². The molecule has 0 spiro atoms. The van der Waals surface area contributed by atoms with E-state index in [9.17, 15) is 9.59 Å². The summed E-state index contributed by atoms with van der Waals surface area (Å²) in [5, 5.41) is 4.58. The predicted octanol–water partition coefficient (Wildman–Crippen LogP) is 3.30. The van der Waals surface area contributed by atoms with E-state index in [0.717, 1.165) is 4.90 Å². The van der Waals surface area contributed by atoms with Gasteiger partial charge in [0.25, 0.3) is 5.91 Å². The maximum Gasteiger partial charge on any atom is 0.279 e. The number of nitrogens with zero attached hydrogens (tertiary/aromatic N) is 2. The molecule has 1 saturated heterocycles. The minimum atomic E-state index is -1.05. The fraction of sp³-hybridized carbons (Fsp3) is 0.211. The number of methoxy groups -OCH3 is 2. The molecule has 4 rings (SSSR count). The van der Waals surface area contributed by atoms with E-state index >= 15 is 0 Å². The van der Waals surface area contributed by atoms with Gasteiger partial charge in [-0.2, -0.15) is 0 Å². The summed E-state index contributed by atoms with van der Waals surface area (Å²) in [4.78, 5) is 32.3. The Balaban J connectivity index is 1.73. The highest BCUT2D eigenvalue weighted by atomic mass is 35.5. The van der Waals surface area contributed by atoms with E-state index in [-0.39, 0.29) is 10.7 Å². The highest BCUT2D eigenvalue weighted by Crippen LogP contribution is 2.40. The Hall–Kier alpha value is -2.77. The summed E-state index contributed by atoms with van der Waals surface area (Å²) in [7, 11) is 3.03. The molecule has 2 heterocycles. The summed E-state index contributed by atoms with van der Waals surface area (Å²) in [5.41, 5.74) is 1.11. The van der Waals surface area contributed by atoms with Gasteiger partial charge in [-0.1, -0.05) is 28.4 Å². The van der Waals surface area contributed by atoms with Crippen molar-refractivity contribution in [2.45, 2.75) is 6.10 Å². The monoisotopic (exact) mass is 420 g/mol. The smallest absolute Gasteiger partial charge is 0.279 e. The van der Waals surface area contributed by atoms with Crippen molar-refractivity contribution in [3.63, 3.8) is 0 Å². The second kappa shape index (κ2) is 7.00. The third kappa shape index (κ3) is 2.78. The van der Waals surface area contributed by atoms with Crippen LogP contribution in [0.1, 0.15) is 5.56 Å². The van der Waals surface area contributed by atoms with Crippen molar-refractivity contribution < 1.29 is 23.9 Å². The Morgan fingerprint density at radius 3 is 2.50 bits per heavy atom. The molecule has 2 aromatic rings. The number of hydrogen-bond donors (Lipinski definition) is 0. The van der Waals surface area contributed by atoms with E-state index < -0.39 is 23.8 Å². The van der Waals surface area contributed by atoms with Crippen molar-refractivity contribution in [1.82, 2.24) is 0 Å². The lowest BCUT2D eigenvalue weighted by Crippen LogP contribution is -2.33. The van der Waals surface area contributed by atoms with Crippen LogP contribution in [0.2, 0.25) is 10.0 Å². The van der Waals surface area contributed by atoms with Crippen molar-refractivity contribution in [1.29, 1.82) is 0 Å². The molecule has 2 atom stereocenters. The van der Waals surface area contributed by atoms with Crippen LogP contribution in [0.15, 0.2) is 41.6 Å². The van der Waals surface area contributed by atoms with Gasteiger partial charge in [0.2, 0.25) is 12.0 Å². The third-order valence-electron chi connectivity index (χ3n) is 4.65. The molecule has 0 unspecified atom stereocenters. The van der Waals surface area contributed by atoms with Crippen molar-refractivity contribution in [3.05, 3.63) is 52.0 Å². The summed E-state index contributed by atoms with van der Waals surface area (Å²) >= 11 is 12.1. The molecule has 1 fully saturated rings. The molecule has 144 valence electrons. The molecule has 2 amide bonds. The minimum absolute atomic E-state index is 0.190. The van der Waals surface area contributed by atoms with Crippen LogP contribution in [0.5, 0.6) is 11.5 Å². The second-order valence-corrected chi connectivity index (χ2v) is 7.00. The topological polar surface area (TPSA) is 77.4 Å². The summed E-state index contributed by atoms with van der Waals surface area (Å²) in [6.07, 6.45) is -1.05. The molecule has 2 aromatic carbocycles. The van der Waals surface area contributed by atoms with E-state index in [1.807, 2.05) is 0 Å². The zero-order valence-electron chi connectivity index (χ0n) is 14.8. The lowest BCUT2D eigenvalue weighted by molar-refractivity contribution is -0.126. The van der Waals surface area contributed by atoms with Crippen LogP contribution in [0, 0.1) is 5.92 Å². The first-order valence-corrected chi connectivity index (χ1v) is 9.01. The maximum atomic E-state index is 13.1. The largest absolute Gasteiger partial charge is 0.497 e. The van der Waals surface area contributed by atoms with Crippen LogP contribution in [0.4, 0.5) is 5.69 Å². The van der Waals surface area contributed by atoms with Gasteiger partial charge in [-0.15, -0.1) is 0 Å². The number of hydrogen-bond acceptors (Lipinski definition) is 6. The van der Waals surface area contributed by atoms with Gasteiger partial charge < -0.3 is 14.3 Å². The average Bonchev–Trinajstić information content (AvgIpc) is 3.22. The number of imide groups is 1. The molecule has 0 saturated carbocycles. The number of amides is 2. The van der Waals surface area contributed by atoms with E-state index in [0.29, 0.717) is 27.8 Å². The van der Waals surface area contributed by atoms with Crippen LogP contribution >= 0.6 is 23.2 Å². The van der Waals surface area contributed by atoms with Gasteiger partial charge in [-0.25, -0.2) is 4.90 Å². The molecule has 2 aliphatic rings. The van der Waals surface area contributed by atoms with E-state index in [2.05, 4.69) is 5.16 Å². The summed E-state index contributed by atoms with van der Waals surface area (Å²) < 4.78 is 10.6. The van der Waals surface area contributed by atoms with Gasteiger partial charge in [-0.05, 0) is 30.3 Å². The Bertz CT molecular complexity index is 1020. The van der Waals surface area contributed by atoms with Crippen LogP contribution < -0.4 is 14.4 Å². The van der Waals surface area contributed by atoms with Gasteiger partial charge in [0, 0.05) is 16.7 Å². The number of benzene rings is 2. The van der Waals surface area contributed by atoms with Crippen LogP contribution in [0.3, 0.4) is 0 Å². The van der Waals surface area contributed by atoms with Crippen molar-refractivity contribution in [2.75, 3.05) is 19.1 Å². The lowest BCUT2D eigenvalue weighted by atomic mass is 9.93. The number of anilines is 1. The molecule has 0 radical (unpaired) electrons. The molecule has 2 aliphatic heterocycles. The highest BCUT2D eigenvalue weighted by molar-refractivity contribution is 6.40. The lowest BCUT2D eigenvalue weighted by Gasteiger charge is -2.17. The normalized spacial score (nSPS) is 20.7. The summed E-state index contributed by atoms with van der Waals surface area (Å²) in [6.45, 7) is 0. The first kappa shape index (κ1) is 18.6. The average molecular weight is 421 g/mol. The zero-order chi connectivity index (χ0) is 20.0. The summed E-state index contributed by atoms with van der Waals surface area (Å²) in [6, 6.07) is 9.63. The van der Waals surface area contributed by atoms with Gasteiger partial charge in [0.15, 0.2) is 0 Å². The highest BCUT2D eigenvalue weighted by Gasteiger charge is 2.56. The van der Waals surface area contributed by atoms with Gasteiger partial charge in [-0.3, -0.25) is 9.59 Å². The SMILES string of the molecule is COc1ccc(C2=NO[C@H]3C(=O)N(c4ccc(Cl)cc4Cl)C(=O)[C@@H]23)c(OC)c1. The van der Waals surface area contributed by atoms with Crippen molar-refractivity contribution in [3.8, 4) is 11.5 Å². The number of carbonyl (C=O) groups is 2. The summed E-state index contributed by atoms with van der Waals surface area (Å²) in [5.74, 6) is -0.883. The molecule has 7 nitrogen and oxygen atoms in total. The Kier molecular flexibility index (Phi) is 4.64. The van der Waals surface area contributed by atoms with E-state index in [4.69, 9.17) is 37.5 Å². The minimum Gasteiger partial charge on any atom is -0.497 e. The van der Waals surface area contributed by atoms with Crippen molar-refractivity contribution in [2.24, 2.45) is 11.1 Å².